The van der Waals surface area contributed by atoms with Crippen LogP contribution in [0.2, 0.25) is 0 Å². The first-order chi connectivity index (χ1) is 15.7. The Morgan fingerprint density at radius 2 is 1.62 bits per heavy atom. The topological polar surface area (TPSA) is 65.4 Å². The van der Waals surface area contributed by atoms with Gasteiger partial charge in [-0.25, -0.2) is 4.68 Å². The lowest BCUT2D eigenvalue weighted by molar-refractivity contribution is -0.116. The first-order valence-corrected chi connectivity index (χ1v) is 10.5. The number of anilines is 1. The predicted octanol–water partition coefficient (Wildman–Crippen LogP) is 5.03. The summed E-state index contributed by atoms with van der Waals surface area (Å²) in [5, 5.41) is 8.04. The van der Waals surface area contributed by atoms with Crippen LogP contribution >= 0.6 is 0 Å². The fourth-order valence-corrected chi connectivity index (χ4v) is 4.37. The summed E-state index contributed by atoms with van der Waals surface area (Å²) in [6, 6.07) is 25.6. The van der Waals surface area contributed by atoms with Crippen LogP contribution in [0.3, 0.4) is 0 Å². The summed E-state index contributed by atoms with van der Waals surface area (Å²) < 4.78 is 13.1. The Morgan fingerprint density at radius 3 is 2.31 bits per heavy atom. The van der Waals surface area contributed by atoms with Crippen LogP contribution in [0.1, 0.15) is 23.5 Å². The summed E-state index contributed by atoms with van der Waals surface area (Å²) in [7, 11) is 3.24. The molecule has 4 aromatic rings. The van der Waals surface area contributed by atoms with E-state index in [4.69, 9.17) is 14.6 Å². The van der Waals surface area contributed by atoms with Crippen LogP contribution in [0.4, 0.5) is 5.82 Å². The summed E-state index contributed by atoms with van der Waals surface area (Å²) in [5.41, 5.74) is 4.56. The van der Waals surface area contributed by atoms with Crippen molar-refractivity contribution in [3.05, 3.63) is 90.0 Å². The minimum atomic E-state index is -0.239. The number of benzene rings is 3. The number of rotatable bonds is 5. The summed E-state index contributed by atoms with van der Waals surface area (Å²) >= 11 is 0. The number of para-hydroxylation sites is 2. The van der Waals surface area contributed by atoms with E-state index in [1.54, 1.807) is 14.2 Å². The Morgan fingerprint density at radius 1 is 0.906 bits per heavy atom. The molecule has 1 amide bonds. The Labute approximate surface area is 186 Å². The van der Waals surface area contributed by atoms with Crippen LogP contribution in [-0.2, 0) is 4.79 Å². The third kappa shape index (κ3) is 3.30. The van der Waals surface area contributed by atoms with Crippen LogP contribution in [0.5, 0.6) is 11.5 Å². The molecule has 2 heterocycles. The highest BCUT2D eigenvalue weighted by Gasteiger charge is 2.36. The maximum Gasteiger partial charge on any atom is 0.226 e. The van der Waals surface area contributed by atoms with E-state index in [1.165, 1.54) is 0 Å². The molecule has 0 aliphatic carbocycles. The first-order valence-electron chi connectivity index (χ1n) is 10.5. The molecule has 3 aromatic carbocycles. The van der Waals surface area contributed by atoms with Gasteiger partial charge in [-0.15, -0.1) is 0 Å². The van der Waals surface area contributed by atoms with Crippen molar-refractivity contribution in [1.29, 1.82) is 0 Å². The average Bonchev–Trinajstić information content (AvgIpc) is 3.23. The van der Waals surface area contributed by atoms with Crippen molar-refractivity contribution in [2.24, 2.45) is 0 Å². The van der Waals surface area contributed by atoms with Gasteiger partial charge in [0.1, 0.15) is 5.82 Å². The van der Waals surface area contributed by atoms with Crippen molar-refractivity contribution >= 4 is 11.7 Å². The number of amides is 1. The van der Waals surface area contributed by atoms with E-state index in [0.29, 0.717) is 17.3 Å². The van der Waals surface area contributed by atoms with Crippen LogP contribution < -0.4 is 14.8 Å². The van der Waals surface area contributed by atoms with Crippen molar-refractivity contribution in [1.82, 2.24) is 9.78 Å². The van der Waals surface area contributed by atoms with Gasteiger partial charge in [0.15, 0.2) is 11.5 Å². The molecule has 6 nitrogen and oxygen atoms in total. The van der Waals surface area contributed by atoms with Crippen LogP contribution in [0.15, 0.2) is 78.9 Å². The molecular formula is C26H23N3O3. The Kier molecular flexibility index (Phi) is 5.11. The molecule has 160 valence electrons. The van der Waals surface area contributed by atoms with Gasteiger partial charge >= 0.3 is 0 Å². The molecule has 1 aliphatic heterocycles. The molecule has 1 N–H and O–H groups in total. The zero-order valence-electron chi connectivity index (χ0n) is 17.9. The van der Waals surface area contributed by atoms with Gasteiger partial charge in [0.05, 0.1) is 25.6 Å². The number of hydrogen-bond acceptors (Lipinski definition) is 4. The van der Waals surface area contributed by atoms with E-state index in [-0.39, 0.29) is 18.2 Å². The lowest BCUT2D eigenvalue weighted by Crippen LogP contribution is -2.25. The molecule has 0 bridgehead atoms. The fourth-order valence-electron chi connectivity index (χ4n) is 4.37. The van der Waals surface area contributed by atoms with Gasteiger partial charge in [0.2, 0.25) is 5.91 Å². The predicted molar refractivity (Wildman–Crippen MR) is 124 cm³/mol. The van der Waals surface area contributed by atoms with Gasteiger partial charge in [0, 0.05) is 29.0 Å². The van der Waals surface area contributed by atoms with E-state index in [9.17, 15) is 4.79 Å². The number of nitrogens with one attached hydrogen (secondary N) is 1. The largest absolute Gasteiger partial charge is 0.493 e. The van der Waals surface area contributed by atoms with Gasteiger partial charge in [0.25, 0.3) is 0 Å². The highest BCUT2D eigenvalue weighted by atomic mass is 16.5. The van der Waals surface area contributed by atoms with Crippen LogP contribution in [-0.4, -0.2) is 29.9 Å². The summed E-state index contributed by atoms with van der Waals surface area (Å²) in [6.07, 6.45) is 0.289. The molecule has 0 spiro atoms. The standard InChI is InChI=1S/C26H23N3O3/c1-31-21-15-9-14-19(25(21)32-2)20-16-22(30)27-26-23(20)24(17-10-5-3-6-11-17)28-29(26)18-12-7-4-8-13-18/h3-15,20H,16H2,1-2H3,(H,27,30). The Balaban J connectivity index is 1.79. The van der Waals surface area contributed by atoms with Gasteiger partial charge in [-0.05, 0) is 18.2 Å². The zero-order chi connectivity index (χ0) is 22.1. The average molecular weight is 425 g/mol. The number of methoxy groups -OCH3 is 2. The maximum atomic E-state index is 12.9. The second kappa shape index (κ2) is 8.23. The molecule has 0 fully saturated rings. The minimum absolute atomic E-state index is 0.0657. The van der Waals surface area contributed by atoms with Crippen molar-refractivity contribution in [2.45, 2.75) is 12.3 Å². The number of carbonyl (C=O) groups excluding carboxylic acids is 1. The van der Waals surface area contributed by atoms with Gasteiger partial charge < -0.3 is 14.8 Å². The minimum Gasteiger partial charge on any atom is -0.493 e. The number of aromatic nitrogens is 2. The lowest BCUT2D eigenvalue weighted by Gasteiger charge is -2.26. The molecule has 0 saturated carbocycles. The molecular weight excluding hydrogens is 402 g/mol. The molecule has 6 heteroatoms. The third-order valence-electron chi connectivity index (χ3n) is 5.77. The maximum absolute atomic E-state index is 12.9. The smallest absolute Gasteiger partial charge is 0.226 e. The van der Waals surface area contributed by atoms with Crippen LogP contribution in [0.25, 0.3) is 16.9 Å². The van der Waals surface area contributed by atoms with Gasteiger partial charge in [-0.3, -0.25) is 4.79 Å². The normalized spacial score (nSPS) is 15.1. The Bertz CT molecular complexity index is 1270. The molecule has 5 rings (SSSR count). The van der Waals surface area contributed by atoms with E-state index < -0.39 is 0 Å². The highest BCUT2D eigenvalue weighted by molar-refractivity contribution is 5.97. The fraction of sp³-hybridized carbons (Fsp3) is 0.154. The summed E-state index contributed by atoms with van der Waals surface area (Å²) in [4.78, 5) is 12.9. The highest BCUT2D eigenvalue weighted by Crippen LogP contribution is 2.47. The summed E-state index contributed by atoms with van der Waals surface area (Å²) in [6.45, 7) is 0. The number of ether oxygens (including phenoxy) is 2. The number of fused-ring (bicyclic) bond motifs is 1. The number of carbonyl (C=O) groups is 1. The van der Waals surface area contributed by atoms with E-state index in [2.05, 4.69) is 5.32 Å². The molecule has 1 atom stereocenters. The van der Waals surface area contributed by atoms with E-state index in [1.807, 2.05) is 83.5 Å². The van der Waals surface area contributed by atoms with Crippen molar-refractivity contribution in [2.75, 3.05) is 19.5 Å². The van der Waals surface area contributed by atoms with Crippen molar-refractivity contribution in [3.8, 4) is 28.4 Å². The first kappa shape index (κ1) is 19.9. The lowest BCUT2D eigenvalue weighted by atomic mass is 9.83. The quantitative estimate of drug-likeness (QED) is 0.487. The monoisotopic (exact) mass is 425 g/mol. The van der Waals surface area contributed by atoms with Crippen molar-refractivity contribution < 1.29 is 14.3 Å². The molecule has 0 radical (unpaired) electrons. The SMILES string of the molecule is COc1cccc(C2CC(=O)Nc3c2c(-c2ccccc2)nn3-c2ccccc2)c1OC. The third-order valence-corrected chi connectivity index (χ3v) is 5.77. The van der Waals surface area contributed by atoms with Gasteiger partial charge in [-0.2, -0.15) is 5.10 Å². The van der Waals surface area contributed by atoms with Crippen molar-refractivity contribution in [3.63, 3.8) is 0 Å². The molecule has 1 aromatic heterocycles. The van der Waals surface area contributed by atoms with E-state index in [0.717, 1.165) is 28.1 Å². The summed E-state index contributed by atoms with van der Waals surface area (Å²) in [5.74, 6) is 1.64. The second-order valence-corrected chi connectivity index (χ2v) is 7.61. The zero-order valence-corrected chi connectivity index (χ0v) is 17.9. The molecule has 1 unspecified atom stereocenters. The van der Waals surface area contributed by atoms with E-state index >= 15 is 0 Å². The second-order valence-electron chi connectivity index (χ2n) is 7.61. The molecule has 1 aliphatic rings. The number of hydrogen-bond donors (Lipinski definition) is 1. The molecule has 0 saturated heterocycles. The molecule has 32 heavy (non-hydrogen) atoms. The van der Waals surface area contributed by atoms with Crippen LogP contribution in [0, 0.1) is 0 Å². The Hall–Kier alpha value is -4.06. The number of nitrogens with zero attached hydrogens (tertiary/aromatic N) is 2. The van der Waals surface area contributed by atoms with Gasteiger partial charge in [-0.1, -0.05) is 60.7 Å².